The van der Waals surface area contributed by atoms with Crippen LogP contribution in [0.5, 0.6) is 5.75 Å². The summed E-state index contributed by atoms with van der Waals surface area (Å²) in [6.07, 6.45) is -0.763. The van der Waals surface area contributed by atoms with Gasteiger partial charge in [0.1, 0.15) is 23.2 Å². The lowest BCUT2D eigenvalue weighted by Crippen LogP contribution is -2.42. The SMILES string of the molecule is COc1cccc(CNC[C@@H](O)[C@H](Cc2cc(F)cc(F)c2)Nc2nc(-c3ccccc3)nc3ccccc23)c1. The van der Waals surface area contributed by atoms with Gasteiger partial charge in [0.2, 0.25) is 0 Å². The number of benzene rings is 4. The van der Waals surface area contributed by atoms with Crippen molar-refractivity contribution in [2.45, 2.75) is 25.1 Å². The van der Waals surface area contributed by atoms with Crippen molar-refractivity contribution in [1.82, 2.24) is 15.3 Å². The van der Waals surface area contributed by atoms with Crippen LogP contribution in [0.3, 0.4) is 0 Å². The quantitative estimate of drug-likeness (QED) is 0.198. The molecule has 0 aliphatic heterocycles. The predicted molar refractivity (Wildman–Crippen MR) is 153 cm³/mol. The summed E-state index contributed by atoms with van der Waals surface area (Å²) in [4.78, 5) is 9.53. The van der Waals surface area contributed by atoms with Crippen LogP contribution in [0.4, 0.5) is 14.6 Å². The number of aliphatic hydroxyl groups excluding tert-OH is 1. The number of para-hydroxylation sites is 1. The summed E-state index contributed by atoms with van der Waals surface area (Å²) >= 11 is 0. The zero-order valence-corrected chi connectivity index (χ0v) is 22.0. The molecule has 1 heterocycles. The summed E-state index contributed by atoms with van der Waals surface area (Å²) in [6.45, 7) is 0.728. The number of aliphatic hydroxyl groups is 1. The normalized spacial score (nSPS) is 12.7. The molecule has 204 valence electrons. The Bertz CT molecular complexity index is 1560. The number of fused-ring (bicyclic) bond motifs is 1. The second-order valence-electron chi connectivity index (χ2n) is 9.56. The molecule has 0 saturated heterocycles. The molecule has 8 heteroatoms. The molecule has 0 saturated carbocycles. The van der Waals surface area contributed by atoms with E-state index in [1.54, 1.807) is 7.11 Å². The third-order valence-electron chi connectivity index (χ3n) is 6.62. The Balaban J connectivity index is 1.43. The van der Waals surface area contributed by atoms with E-state index in [-0.39, 0.29) is 13.0 Å². The van der Waals surface area contributed by atoms with Crippen LogP contribution in [-0.4, -0.2) is 40.9 Å². The molecule has 0 aliphatic carbocycles. The second kappa shape index (κ2) is 12.6. The van der Waals surface area contributed by atoms with Gasteiger partial charge < -0.3 is 20.5 Å². The highest BCUT2D eigenvalue weighted by molar-refractivity contribution is 5.90. The van der Waals surface area contributed by atoms with Crippen molar-refractivity contribution in [2.24, 2.45) is 0 Å². The highest BCUT2D eigenvalue weighted by Gasteiger charge is 2.22. The van der Waals surface area contributed by atoms with Crippen LogP contribution in [-0.2, 0) is 13.0 Å². The van der Waals surface area contributed by atoms with E-state index in [1.807, 2.05) is 78.9 Å². The van der Waals surface area contributed by atoms with Crippen molar-refractivity contribution in [2.75, 3.05) is 19.0 Å². The fraction of sp³-hybridized carbons (Fsp3) is 0.188. The van der Waals surface area contributed by atoms with Crippen molar-refractivity contribution >= 4 is 16.7 Å². The summed E-state index contributed by atoms with van der Waals surface area (Å²) < 4.78 is 33.4. The van der Waals surface area contributed by atoms with Crippen molar-refractivity contribution in [3.8, 4) is 17.1 Å². The maximum absolute atomic E-state index is 14.0. The number of hydrogen-bond acceptors (Lipinski definition) is 6. The fourth-order valence-corrected chi connectivity index (χ4v) is 4.63. The smallest absolute Gasteiger partial charge is 0.162 e. The topological polar surface area (TPSA) is 79.3 Å². The average molecular weight is 541 g/mol. The largest absolute Gasteiger partial charge is 0.497 e. The van der Waals surface area contributed by atoms with Crippen molar-refractivity contribution in [3.63, 3.8) is 0 Å². The van der Waals surface area contributed by atoms with Crippen LogP contribution >= 0.6 is 0 Å². The van der Waals surface area contributed by atoms with E-state index in [4.69, 9.17) is 14.7 Å². The minimum Gasteiger partial charge on any atom is -0.497 e. The van der Waals surface area contributed by atoms with Gasteiger partial charge in [-0.25, -0.2) is 18.7 Å². The number of nitrogens with zero attached hydrogens (tertiary/aromatic N) is 2. The number of aromatic nitrogens is 2. The summed E-state index contributed by atoms with van der Waals surface area (Å²) in [5.74, 6) is 0.468. The molecule has 0 radical (unpaired) electrons. The first-order valence-electron chi connectivity index (χ1n) is 13.0. The lowest BCUT2D eigenvalue weighted by Gasteiger charge is -2.26. The van der Waals surface area contributed by atoms with E-state index in [0.29, 0.717) is 23.8 Å². The first-order chi connectivity index (χ1) is 19.5. The zero-order chi connectivity index (χ0) is 27.9. The van der Waals surface area contributed by atoms with E-state index < -0.39 is 23.8 Å². The second-order valence-corrected chi connectivity index (χ2v) is 9.56. The minimum atomic E-state index is -0.925. The number of hydrogen-bond donors (Lipinski definition) is 3. The Morgan fingerprint density at radius 2 is 1.57 bits per heavy atom. The standard InChI is InChI=1S/C32H30F2N4O2/c1-40-26-11-7-8-21(16-26)19-35-20-30(39)29(17-22-14-24(33)18-25(34)15-22)37-32-27-12-5-6-13-28(27)36-31(38-32)23-9-3-2-4-10-23/h2-16,18,29-30,35,39H,17,19-20H2,1H3,(H,36,37,38)/t29-,30+/m0/s1. The molecule has 5 rings (SSSR count). The van der Waals surface area contributed by atoms with Crippen molar-refractivity contribution in [3.05, 3.63) is 120 Å². The Hall–Kier alpha value is -4.40. The first-order valence-corrected chi connectivity index (χ1v) is 13.0. The van der Waals surface area contributed by atoms with E-state index in [0.717, 1.165) is 33.8 Å². The van der Waals surface area contributed by atoms with Crippen LogP contribution in [0.2, 0.25) is 0 Å². The van der Waals surface area contributed by atoms with Crippen molar-refractivity contribution < 1.29 is 18.6 Å². The van der Waals surface area contributed by atoms with Gasteiger partial charge in [-0.3, -0.25) is 0 Å². The van der Waals surface area contributed by atoms with Crippen LogP contribution in [0.25, 0.3) is 22.3 Å². The Kier molecular flexibility index (Phi) is 8.59. The summed E-state index contributed by atoms with van der Waals surface area (Å²) in [5.41, 5.74) is 3.00. The van der Waals surface area contributed by atoms with Gasteiger partial charge in [0.15, 0.2) is 5.82 Å². The summed E-state index contributed by atoms with van der Waals surface area (Å²) in [5, 5.41) is 18.8. The van der Waals surface area contributed by atoms with Crippen LogP contribution < -0.4 is 15.4 Å². The average Bonchev–Trinajstić information content (AvgIpc) is 2.96. The van der Waals surface area contributed by atoms with Gasteiger partial charge in [-0.1, -0.05) is 54.6 Å². The van der Waals surface area contributed by atoms with E-state index in [1.165, 1.54) is 12.1 Å². The molecule has 40 heavy (non-hydrogen) atoms. The minimum absolute atomic E-state index is 0.162. The molecule has 0 bridgehead atoms. The first kappa shape index (κ1) is 27.2. The van der Waals surface area contributed by atoms with Gasteiger partial charge in [-0.05, 0) is 53.9 Å². The Morgan fingerprint density at radius 3 is 2.35 bits per heavy atom. The van der Waals surface area contributed by atoms with Gasteiger partial charge in [-0.2, -0.15) is 0 Å². The number of halogens is 2. The molecule has 0 fully saturated rings. The summed E-state index contributed by atoms with van der Waals surface area (Å²) in [6, 6.07) is 27.6. The van der Waals surface area contributed by atoms with Crippen LogP contribution in [0.1, 0.15) is 11.1 Å². The Morgan fingerprint density at radius 1 is 0.825 bits per heavy atom. The van der Waals surface area contributed by atoms with Gasteiger partial charge in [0.25, 0.3) is 0 Å². The molecule has 5 aromatic rings. The lowest BCUT2D eigenvalue weighted by molar-refractivity contribution is 0.148. The van der Waals surface area contributed by atoms with Gasteiger partial charge >= 0.3 is 0 Å². The van der Waals surface area contributed by atoms with E-state index in [9.17, 15) is 13.9 Å². The molecule has 0 unspecified atom stereocenters. The molecule has 0 amide bonds. The molecule has 0 aliphatic rings. The molecule has 1 aromatic heterocycles. The zero-order valence-electron chi connectivity index (χ0n) is 22.0. The monoisotopic (exact) mass is 540 g/mol. The lowest BCUT2D eigenvalue weighted by atomic mass is 10.00. The maximum Gasteiger partial charge on any atom is 0.162 e. The molecule has 2 atom stereocenters. The molecule has 6 nitrogen and oxygen atoms in total. The van der Waals surface area contributed by atoms with Gasteiger partial charge in [0, 0.05) is 30.1 Å². The van der Waals surface area contributed by atoms with Gasteiger partial charge in [0.05, 0.1) is 24.8 Å². The third-order valence-corrected chi connectivity index (χ3v) is 6.62. The molecule has 3 N–H and O–H groups in total. The van der Waals surface area contributed by atoms with E-state index in [2.05, 4.69) is 10.6 Å². The third kappa shape index (κ3) is 6.77. The van der Waals surface area contributed by atoms with E-state index >= 15 is 0 Å². The number of nitrogens with one attached hydrogen (secondary N) is 2. The molecule has 4 aromatic carbocycles. The van der Waals surface area contributed by atoms with Gasteiger partial charge in [-0.15, -0.1) is 0 Å². The highest BCUT2D eigenvalue weighted by Crippen LogP contribution is 2.26. The highest BCUT2D eigenvalue weighted by atomic mass is 19.1. The molecular weight excluding hydrogens is 510 g/mol. The number of rotatable bonds is 11. The predicted octanol–water partition coefficient (Wildman–Crippen LogP) is 5.76. The maximum atomic E-state index is 14.0. The Labute approximate surface area is 231 Å². The number of methoxy groups -OCH3 is 1. The van der Waals surface area contributed by atoms with Crippen molar-refractivity contribution in [1.29, 1.82) is 0 Å². The number of anilines is 1. The molecule has 0 spiro atoms. The fourth-order valence-electron chi connectivity index (χ4n) is 4.63. The molecular formula is C32H30F2N4O2. The van der Waals surface area contributed by atoms with Crippen LogP contribution in [0, 0.1) is 11.6 Å². The summed E-state index contributed by atoms with van der Waals surface area (Å²) in [7, 11) is 1.61. The number of ether oxygens (including phenoxy) is 1. The van der Waals surface area contributed by atoms with Crippen LogP contribution in [0.15, 0.2) is 97.1 Å².